The van der Waals surface area contributed by atoms with Crippen molar-refractivity contribution in [3.63, 3.8) is 0 Å². The predicted octanol–water partition coefficient (Wildman–Crippen LogP) is -1.88. The number of carbonyl (C=O) groups excluding carboxylic acids is 3. The van der Waals surface area contributed by atoms with Crippen molar-refractivity contribution in [3.8, 4) is 0 Å². The summed E-state index contributed by atoms with van der Waals surface area (Å²) in [5.41, 5.74) is 13.2. The van der Waals surface area contributed by atoms with E-state index in [2.05, 4.69) is 38.1 Å². The minimum atomic E-state index is -0.671. The van der Waals surface area contributed by atoms with Crippen LogP contribution in [0.4, 0.5) is 0 Å². The first-order valence-electron chi connectivity index (χ1n) is 10.9. The van der Waals surface area contributed by atoms with Crippen molar-refractivity contribution in [1.82, 2.24) is 20.0 Å². The number of piperazine rings is 1. The number of guanidine groups is 1. The second kappa shape index (κ2) is 12.2. The summed E-state index contributed by atoms with van der Waals surface area (Å²) >= 11 is 6.35. The third kappa shape index (κ3) is 6.24. The van der Waals surface area contributed by atoms with Crippen molar-refractivity contribution in [2.24, 2.45) is 31.7 Å². The van der Waals surface area contributed by atoms with E-state index in [0.29, 0.717) is 36.0 Å². The van der Waals surface area contributed by atoms with Crippen LogP contribution in [0.15, 0.2) is 31.5 Å². The van der Waals surface area contributed by atoms with Gasteiger partial charge in [0.2, 0.25) is 11.9 Å². The molecule has 0 aromatic carbocycles. The molecule has 13 nitrogen and oxygen atoms in total. The number of rotatable bonds is 6. The molecule has 3 amide bonds. The number of fused-ring (bicyclic) bond motifs is 1. The van der Waals surface area contributed by atoms with E-state index in [-0.39, 0.29) is 34.0 Å². The molecule has 0 bridgehead atoms. The van der Waals surface area contributed by atoms with E-state index < -0.39 is 11.9 Å². The Hall–Kier alpha value is -2.51. The summed E-state index contributed by atoms with van der Waals surface area (Å²) in [4.78, 5) is 50.3. The van der Waals surface area contributed by atoms with Gasteiger partial charge in [-0.25, -0.2) is 0 Å². The molecule has 2 saturated heterocycles. The molecule has 0 aliphatic carbocycles. The summed E-state index contributed by atoms with van der Waals surface area (Å²) in [7, 11) is 1.48. The van der Waals surface area contributed by atoms with Crippen LogP contribution in [-0.2, 0) is 33.7 Å². The molecule has 2 atom stereocenters. The molecule has 36 heavy (non-hydrogen) atoms. The van der Waals surface area contributed by atoms with Gasteiger partial charge in [-0.15, -0.1) is 0 Å². The average molecular weight is 704 g/mol. The summed E-state index contributed by atoms with van der Waals surface area (Å²) in [5.74, 6) is 0.216. The van der Waals surface area contributed by atoms with Crippen LogP contribution in [0.25, 0.3) is 0 Å². The number of thioether (sulfide) groups is 1. The summed E-state index contributed by atoms with van der Waals surface area (Å²) in [5, 5.41) is 10.8. The van der Waals surface area contributed by atoms with Crippen LogP contribution in [0, 0.1) is 0 Å². The molecule has 3 heterocycles. The van der Waals surface area contributed by atoms with Crippen LogP contribution in [0.2, 0.25) is 0 Å². The standard InChI is InChI=1S/C20H28N10O3S2.W/c1-11-13(8-25-27-19(21)29-6-4-28(5-7-29)12(2)31)10-35-18-15(17(33)30(11)18)26-16(32)14(23-3)9-24-20(22)34;/h8,15,18,34H,4-7,10,22H2,1-3H3,(H2,21,27)(H,26,32);/b23-14?,25-8+;/t15-,18-;/m1./s1. The van der Waals surface area contributed by atoms with Crippen LogP contribution in [0.5, 0.6) is 0 Å². The van der Waals surface area contributed by atoms with Gasteiger partial charge < -0.3 is 15.5 Å². The molecule has 0 saturated carbocycles. The SMILES string of the molecule is CN=C(C(=O)N[C@@H]1C(=O)N2C(C)=C(/C=N/N=C(N)N3CCN(C(C)=O)CC3)CS[C@H]12)[C](=[W])N=C(N)S. The molecule has 3 rings (SSSR count). The van der Waals surface area contributed by atoms with Crippen molar-refractivity contribution in [2.75, 3.05) is 39.0 Å². The zero-order valence-electron chi connectivity index (χ0n) is 20.0. The number of nitrogens with one attached hydrogen (secondary N) is 1. The molecule has 0 unspecified atom stereocenters. The van der Waals surface area contributed by atoms with Crippen molar-refractivity contribution in [3.05, 3.63) is 11.3 Å². The number of nitrogens with zero attached hydrogens (tertiary/aromatic N) is 7. The molecular formula is C20H28N10O3S2W. The van der Waals surface area contributed by atoms with Gasteiger partial charge in [0.05, 0.1) is 0 Å². The number of nitrogens with two attached hydrogens (primary N) is 2. The van der Waals surface area contributed by atoms with Crippen molar-refractivity contribution in [2.45, 2.75) is 25.3 Å². The molecule has 3 aliphatic heterocycles. The second-order valence-electron chi connectivity index (χ2n) is 8.01. The summed E-state index contributed by atoms with van der Waals surface area (Å²) in [6.45, 7) is 5.75. The molecule has 5 N–H and O–H groups in total. The van der Waals surface area contributed by atoms with E-state index in [4.69, 9.17) is 11.5 Å². The van der Waals surface area contributed by atoms with Gasteiger partial charge in [0.25, 0.3) is 0 Å². The topological polar surface area (TPSA) is 174 Å². The number of hydrogen-bond donors (Lipinski definition) is 4. The van der Waals surface area contributed by atoms with Gasteiger partial charge in [-0.1, -0.05) is 0 Å². The van der Waals surface area contributed by atoms with Gasteiger partial charge >= 0.3 is 165 Å². The van der Waals surface area contributed by atoms with E-state index in [1.54, 1.807) is 22.9 Å². The first-order chi connectivity index (χ1) is 17.0. The molecule has 16 heteroatoms. The molecular weight excluding hydrogens is 676 g/mol. The molecule has 194 valence electrons. The minimum absolute atomic E-state index is 0.0271. The average Bonchev–Trinajstić information content (AvgIpc) is 2.83. The fourth-order valence-electron chi connectivity index (χ4n) is 3.82. The Kier molecular flexibility index (Phi) is 9.47. The number of hydrogen-bond acceptors (Lipinski definition) is 8. The first-order valence-corrected chi connectivity index (χ1v) is 13.9. The molecule has 3 aliphatic rings. The van der Waals surface area contributed by atoms with Gasteiger partial charge in [-0.3, -0.25) is 4.79 Å². The Morgan fingerprint density at radius 3 is 2.44 bits per heavy atom. The Bertz CT molecular complexity index is 1110. The molecule has 0 aromatic heterocycles. The van der Waals surface area contributed by atoms with Crippen LogP contribution in [0.3, 0.4) is 0 Å². The van der Waals surface area contributed by atoms with Gasteiger partial charge in [0.15, 0.2) is 0 Å². The third-order valence-electron chi connectivity index (χ3n) is 5.85. The molecule has 0 radical (unpaired) electrons. The normalized spacial score (nSPS) is 23.6. The maximum atomic E-state index is 12.8. The number of carbonyl (C=O) groups is 3. The zero-order chi connectivity index (χ0) is 26.6. The van der Waals surface area contributed by atoms with Crippen molar-refractivity contribution >= 4 is 69.2 Å². The Morgan fingerprint density at radius 1 is 1.22 bits per heavy atom. The quantitative estimate of drug-likeness (QED) is 0.0824. The van der Waals surface area contributed by atoms with Crippen LogP contribution >= 0.6 is 24.4 Å². The van der Waals surface area contributed by atoms with Crippen LogP contribution in [0.1, 0.15) is 13.8 Å². The van der Waals surface area contributed by atoms with Crippen LogP contribution in [-0.4, -0.2) is 110 Å². The van der Waals surface area contributed by atoms with Crippen LogP contribution < -0.4 is 16.8 Å². The Labute approximate surface area is 229 Å². The fraction of sp³-hybridized carbons (Fsp3) is 0.500. The molecule has 0 spiro atoms. The monoisotopic (exact) mass is 704 g/mol. The number of amides is 3. The van der Waals surface area contributed by atoms with Gasteiger partial charge in [0.1, 0.15) is 0 Å². The van der Waals surface area contributed by atoms with Gasteiger partial charge in [-0.2, -0.15) is 0 Å². The molecule has 0 aromatic rings. The second-order valence-corrected chi connectivity index (χ2v) is 11.0. The number of β-lactam (4-membered cyclic amide) rings is 1. The van der Waals surface area contributed by atoms with Crippen molar-refractivity contribution in [1.29, 1.82) is 0 Å². The third-order valence-corrected chi connectivity index (χ3v) is 8.27. The Balaban J connectivity index is 1.60. The van der Waals surface area contributed by atoms with Gasteiger partial charge in [-0.05, 0) is 0 Å². The Morgan fingerprint density at radius 2 is 1.86 bits per heavy atom. The number of thiol groups is 1. The van der Waals surface area contributed by atoms with E-state index in [9.17, 15) is 14.4 Å². The molecule has 2 fully saturated rings. The number of allylic oxidation sites excluding steroid dienone is 1. The summed E-state index contributed by atoms with van der Waals surface area (Å²) < 4.78 is 0.387. The fourth-order valence-corrected chi connectivity index (χ4v) is 6.62. The summed E-state index contributed by atoms with van der Waals surface area (Å²) in [6.07, 6.45) is 1.60. The van der Waals surface area contributed by atoms with E-state index in [0.717, 1.165) is 30.6 Å². The number of amidine groups is 1. The number of aliphatic imine (C=N–C) groups is 2. The first kappa shape index (κ1) is 28.1. The maximum absolute atomic E-state index is 12.8. The zero-order valence-corrected chi connectivity index (χ0v) is 24.7. The van der Waals surface area contributed by atoms with Crippen molar-refractivity contribution < 1.29 is 33.7 Å². The van der Waals surface area contributed by atoms with E-state index in [1.807, 2.05) is 11.8 Å². The summed E-state index contributed by atoms with van der Waals surface area (Å²) in [6, 6.07) is -0.671. The van der Waals surface area contributed by atoms with E-state index in [1.165, 1.54) is 18.8 Å². The predicted molar refractivity (Wildman–Crippen MR) is 141 cm³/mol. The van der Waals surface area contributed by atoms with Gasteiger partial charge in [0, 0.05) is 33.1 Å². The van der Waals surface area contributed by atoms with E-state index >= 15 is 0 Å².